The Morgan fingerprint density at radius 1 is 1.03 bits per heavy atom. The van der Waals surface area contributed by atoms with Crippen LogP contribution in [-0.2, 0) is 6.18 Å². The van der Waals surface area contributed by atoms with Crippen molar-refractivity contribution in [2.45, 2.75) is 12.4 Å². The molecule has 0 atom stereocenters. The van der Waals surface area contributed by atoms with E-state index < -0.39 is 52.9 Å². The van der Waals surface area contributed by atoms with E-state index in [1.54, 1.807) is 0 Å². The molecule has 3 rings (SSSR count). The van der Waals surface area contributed by atoms with E-state index >= 15 is 0 Å². The third kappa shape index (κ3) is 4.31. The number of methoxy groups -OCH3 is 1. The quantitative estimate of drug-likeness (QED) is 0.567. The first-order valence-electron chi connectivity index (χ1n) is 8.08. The molecule has 30 heavy (non-hydrogen) atoms. The van der Waals surface area contributed by atoms with Gasteiger partial charge in [-0.2, -0.15) is 26.3 Å². The number of pyridine rings is 1. The van der Waals surface area contributed by atoms with Crippen LogP contribution in [0.2, 0.25) is 0 Å². The van der Waals surface area contributed by atoms with E-state index in [1.807, 2.05) is 0 Å². The normalized spacial score (nSPS) is 12.3. The molecule has 0 fully saturated rings. The maximum absolute atomic E-state index is 14.5. The third-order valence-electron chi connectivity index (χ3n) is 3.92. The molecule has 3 aromatic rings. The molecular weight excluding hydrogens is 425 g/mol. The number of alkyl halides is 6. The topological polar surface area (TPSA) is 52.8 Å². The number of fused-ring (bicyclic) bond motifs is 1. The Kier molecular flexibility index (Phi) is 5.35. The lowest BCUT2D eigenvalue weighted by atomic mass is 10.0. The van der Waals surface area contributed by atoms with Gasteiger partial charge >= 0.3 is 12.4 Å². The molecule has 0 N–H and O–H groups in total. The Balaban J connectivity index is 2.19. The summed E-state index contributed by atoms with van der Waals surface area (Å²) in [5.74, 6) is -1.81. The molecular formula is C18H11F7N2O3. The van der Waals surface area contributed by atoms with Crippen LogP contribution in [-0.4, -0.2) is 29.3 Å². The molecule has 0 saturated heterocycles. The highest BCUT2D eigenvalue weighted by Crippen LogP contribution is 2.36. The summed E-state index contributed by atoms with van der Waals surface area (Å²) in [5, 5.41) is 0. The number of ether oxygens (including phenoxy) is 2. The highest BCUT2D eigenvalue weighted by molar-refractivity contribution is 5.69. The van der Waals surface area contributed by atoms with E-state index in [1.165, 1.54) is 13.2 Å². The van der Waals surface area contributed by atoms with E-state index in [0.717, 1.165) is 28.8 Å². The van der Waals surface area contributed by atoms with Gasteiger partial charge in [-0.1, -0.05) is 0 Å². The van der Waals surface area contributed by atoms with Crippen LogP contribution in [0.1, 0.15) is 5.69 Å². The van der Waals surface area contributed by atoms with Crippen LogP contribution < -0.4 is 15.0 Å². The minimum atomic E-state index is -5.12. The standard InChI is InChI=1S/C18H11F7N2O3/c1-29-9-4-5-27-13(7-9)26-15(18(23,24)25)14(16(27)28)11-3-2-10(6-12(11)19)30-8-17(20,21)22/h2-7H,8H2,1H3. The molecule has 2 aromatic heterocycles. The highest BCUT2D eigenvalue weighted by Gasteiger charge is 2.38. The van der Waals surface area contributed by atoms with Crippen molar-refractivity contribution in [2.24, 2.45) is 0 Å². The van der Waals surface area contributed by atoms with Crippen LogP contribution in [0, 0.1) is 5.82 Å². The first-order valence-corrected chi connectivity index (χ1v) is 8.08. The molecule has 0 radical (unpaired) electrons. The van der Waals surface area contributed by atoms with E-state index in [4.69, 9.17) is 4.74 Å². The zero-order valence-electron chi connectivity index (χ0n) is 14.9. The minimum absolute atomic E-state index is 0.139. The van der Waals surface area contributed by atoms with Crippen molar-refractivity contribution < 1.29 is 40.2 Å². The number of benzene rings is 1. The largest absolute Gasteiger partial charge is 0.497 e. The summed E-state index contributed by atoms with van der Waals surface area (Å²) in [4.78, 5) is 16.2. The Bertz CT molecular complexity index is 1150. The van der Waals surface area contributed by atoms with Crippen molar-refractivity contribution >= 4 is 5.65 Å². The minimum Gasteiger partial charge on any atom is -0.497 e. The first kappa shape index (κ1) is 21.4. The van der Waals surface area contributed by atoms with Gasteiger partial charge in [0.05, 0.1) is 12.7 Å². The molecule has 0 aliphatic heterocycles. The van der Waals surface area contributed by atoms with Crippen molar-refractivity contribution in [3.63, 3.8) is 0 Å². The van der Waals surface area contributed by atoms with Gasteiger partial charge in [-0.3, -0.25) is 9.20 Å². The molecule has 0 amide bonds. The van der Waals surface area contributed by atoms with Crippen LogP contribution in [0.4, 0.5) is 30.7 Å². The lowest BCUT2D eigenvalue weighted by molar-refractivity contribution is -0.153. The van der Waals surface area contributed by atoms with Crippen molar-refractivity contribution in [3.8, 4) is 22.6 Å². The molecule has 12 heteroatoms. The van der Waals surface area contributed by atoms with Gasteiger partial charge in [0, 0.05) is 23.9 Å². The lowest BCUT2D eigenvalue weighted by Gasteiger charge is -2.15. The lowest BCUT2D eigenvalue weighted by Crippen LogP contribution is -2.24. The fourth-order valence-electron chi connectivity index (χ4n) is 2.65. The van der Waals surface area contributed by atoms with Crippen LogP contribution >= 0.6 is 0 Å². The highest BCUT2D eigenvalue weighted by atomic mass is 19.4. The fourth-order valence-corrected chi connectivity index (χ4v) is 2.65. The summed E-state index contributed by atoms with van der Waals surface area (Å²) >= 11 is 0. The van der Waals surface area contributed by atoms with E-state index in [0.29, 0.717) is 6.07 Å². The van der Waals surface area contributed by atoms with E-state index in [-0.39, 0.29) is 11.4 Å². The second-order valence-corrected chi connectivity index (χ2v) is 5.98. The number of rotatable bonds is 4. The average Bonchev–Trinajstić information content (AvgIpc) is 2.65. The van der Waals surface area contributed by atoms with Gasteiger partial charge in [0.2, 0.25) is 0 Å². The van der Waals surface area contributed by atoms with Crippen molar-refractivity contribution in [2.75, 3.05) is 13.7 Å². The average molecular weight is 436 g/mol. The zero-order valence-corrected chi connectivity index (χ0v) is 14.9. The molecule has 2 heterocycles. The molecule has 0 bridgehead atoms. The number of aromatic nitrogens is 2. The number of hydrogen-bond donors (Lipinski definition) is 0. The van der Waals surface area contributed by atoms with E-state index in [9.17, 15) is 35.5 Å². The van der Waals surface area contributed by atoms with Crippen LogP contribution in [0.25, 0.3) is 16.8 Å². The number of halogens is 7. The van der Waals surface area contributed by atoms with Crippen LogP contribution in [0.15, 0.2) is 41.3 Å². The summed E-state index contributed by atoms with van der Waals surface area (Å²) < 4.78 is 102. The SMILES string of the molecule is COc1ccn2c(=O)c(-c3ccc(OCC(F)(F)F)cc3F)c(C(F)(F)F)nc2c1. The second kappa shape index (κ2) is 7.50. The summed E-state index contributed by atoms with van der Waals surface area (Å²) in [6.45, 7) is -1.72. The molecule has 0 saturated carbocycles. The van der Waals surface area contributed by atoms with Crippen LogP contribution in [0.3, 0.4) is 0 Å². The van der Waals surface area contributed by atoms with Gasteiger partial charge in [-0.15, -0.1) is 0 Å². The van der Waals surface area contributed by atoms with Crippen molar-refractivity contribution in [1.29, 1.82) is 0 Å². The smallest absolute Gasteiger partial charge is 0.434 e. The molecule has 1 aromatic carbocycles. The van der Waals surface area contributed by atoms with Crippen molar-refractivity contribution in [1.82, 2.24) is 9.38 Å². The fraction of sp³-hybridized carbons (Fsp3) is 0.222. The van der Waals surface area contributed by atoms with Crippen LogP contribution in [0.5, 0.6) is 11.5 Å². The maximum atomic E-state index is 14.5. The van der Waals surface area contributed by atoms with Crippen molar-refractivity contribution in [3.05, 3.63) is 58.4 Å². The first-order chi connectivity index (χ1) is 13.9. The Labute approximate surface area is 163 Å². The summed E-state index contributed by atoms with van der Waals surface area (Å²) in [6.07, 6.45) is -8.71. The molecule has 5 nitrogen and oxygen atoms in total. The molecule has 0 aliphatic carbocycles. The Hall–Kier alpha value is -3.31. The third-order valence-corrected chi connectivity index (χ3v) is 3.92. The van der Waals surface area contributed by atoms with Gasteiger partial charge in [0.25, 0.3) is 5.56 Å². The zero-order chi connectivity index (χ0) is 22.3. The monoisotopic (exact) mass is 436 g/mol. The number of hydrogen-bond acceptors (Lipinski definition) is 4. The Morgan fingerprint density at radius 3 is 2.30 bits per heavy atom. The van der Waals surface area contributed by atoms with Gasteiger partial charge < -0.3 is 9.47 Å². The predicted octanol–water partition coefficient (Wildman–Crippen LogP) is 4.47. The molecule has 0 unspecified atom stereocenters. The molecule has 160 valence electrons. The Morgan fingerprint density at radius 2 is 1.73 bits per heavy atom. The van der Waals surface area contributed by atoms with Gasteiger partial charge in [-0.25, -0.2) is 9.37 Å². The molecule has 0 spiro atoms. The summed E-state index contributed by atoms with van der Waals surface area (Å²) in [5.41, 5.74) is -5.14. The molecule has 0 aliphatic rings. The van der Waals surface area contributed by atoms with Gasteiger partial charge in [-0.05, 0) is 18.2 Å². The second-order valence-electron chi connectivity index (χ2n) is 5.98. The maximum Gasteiger partial charge on any atom is 0.434 e. The summed E-state index contributed by atoms with van der Waals surface area (Å²) in [7, 11) is 1.26. The van der Waals surface area contributed by atoms with Gasteiger partial charge in [0.1, 0.15) is 23.0 Å². The number of nitrogens with zero attached hydrogens (tertiary/aromatic N) is 2. The van der Waals surface area contributed by atoms with Gasteiger partial charge in [0.15, 0.2) is 12.3 Å². The predicted molar refractivity (Wildman–Crippen MR) is 90.0 cm³/mol. The summed E-state index contributed by atoms with van der Waals surface area (Å²) in [6, 6.07) is 4.39. The van der Waals surface area contributed by atoms with E-state index in [2.05, 4.69) is 9.72 Å².